The molecule has 0 aliphatic carbocycles. The Kier molecular flexibility index (Phi) is 11.0. The zero-order chi connectivity index (χ0) is 32.5. The molecule has 46 heavy (non-hydrogen) atoms. The van der Waals surface area contributed by atoms with E-state index in [0.717, 1.165) is 25.4 Å². The van der Waals surface area contributed by atoms with Crippen molar-refractivity contribution < 1.29 is 4.43 Å². The third-order valence-electron chi connectivity index (χ3n) is 9.26. The van der Waals surface area contributed by atoms with Crippen LogP contribution in [-0.4, -0.2) is 20.6 Å². The van der Waals surface area contributed by atoms with Gasteiger partial charge >= 0.3 is 276 Å². The first-order valence-electron chi connectivity index (χ1n) is 16.5. The summed E-state index contributed by atoms with van der Waals surface area (Å²) in [5.74, 6) is 0. The van der Waals surface area contributed by atoms with Gasteiger partial charge in [-0.2, -0.15) is 0 Å². The van der Waals surface area contributed by atoms with E-state index in [1.54, 1.807) is 0 Å². The zero-order valence-corrected chi connectivity index (χ0v) is 31.2. The molecule has 0 spiro atoms. The SMILES string of the molecule is CC(C/C=C/CCCP(Br)(c1ccccc1)(c1ccccc1)c1ccccc1)O[Si](c1ccccc1)(c1ccccc1)C(C)(C)C. The van der Waals surface area contributed by atoms with Gasteiger partial charge in [0.15, 0.2) is 0 Å². The maximum atomic E-state index is 7.31. The molecule has 1 unspecified atom stereocenters. The molecule has 0 aliphatic rings. The summed E-state index contributed by atoms with van der Waals surface area (Å²) in [7, 11) is -2.57. The van der Waals surface area contributed by atoms with Crippen LogP contribution in [0.15, 0.2) is 164 Å². The molecule has 0 heterocycles. The Morgan fingerprint density at radius 2 is 0.978 bits per heavy atom. The van der Waals surface area contributed by atoms with Gasteiger partial charge in [-0.15, -0.1) is 0 Å². The number of allylic oxidation sites excluding steroid dienone is 1. The Morgan fingerprint density at radius 3 is 1.35 bits per heavy atom. The molecule has 4 heteroatoms. The molecule has 5 aromatic carbocycles. The zero-order valence-electron chi connectivity index (χ0n) is 27.7. The minimum absolute atomic E-state index is 0.0299. The van der Waals surface area contributed by atoms with Crippen molar-refractivity contribution in [1.82, 2.24) is 0 Å². The van der Waals surface area contributed by atoms with Gasteiger partial charge in [0.25, 0.3) is 0 Å². The molecule has 5 rings (SSSR count). The molecule has 0 bridgehead atoms. The molecule has 0 amide bonds. The number of hydrogen-bond acceptors (Lipinski definition) is 1. The van der Waals surface area contributed by atoms with Crippen molar-refractivity contribution in [2.45, 2.75) is 58.1 Å². The van der Waals surface area contributed by atoms with E-state index < -0.39 is 13.6 Å². The van der Waals surface area contributed by atoms with Crippen LogP contribution in [0.25, 0.3) is 0 Å². The van der Waals surface area contributed by atoms with Gasteiger partial charge in [0.2, 0.25) is 0 Å². The molecule has 0 fully saturated rings. The summed E-state index contributed by atoms with van der Waals surface area (Å²) >= 11 is 4.60. The molecule has 5 aromatic rings. The number of unbranched alkanes of at least 4 members (excludes halogenated alkanes) is 1. The van der Waals surface area contributed by atoms with Crippen molar-refractivity contribution in [3.8, 4) is 0 Å². The Morgan fingerprint density at radius 1 is 0.609 bits per heavy atom. The standard InChI is InChI=1S/C42H48BrOPSi/c1-36(44-46(42(2,3)4,40-31-19-10-20-32-40)41-33-21-11-22-34-41)24-12-5-6-23-35-45(43,37-25-13-7-14-26-37,38-27-15-8-16-28-38)39-29-17-9-18-30-39/h5,7-22,25-34,36H,6,23-24,35H2,1-4H3/b12-5+. The van der Waals surface area contributed by atoms with Crippen molar-refractivity contribution in [1.29, 1.82) is 0 Å². The molecule has 0 N–H and O–H groups in total. The number of hydrogen-bond donors (Lipinski definition) is 0. The molecular formula is C42H48BrOPSi. The topological polar surface area (TPSA) is 9.23 Å². The normalized spacial score (nSPS) is 14.1. The van der Waals surface area contributed by atoms with Crippen LogP contribution >= 0.6 is 20.8 Å². The molecule has 0 saturated heterocycles. The predicted molar refractivity (Wildman–Crippen MR) is 210 cm³/mol. The second-order valence-corrected chi connectivity index (χ2v) is 26.7. The van der Waals surface area contributed by atoms with Gasteiger partial charge in [0.1, 0.15) is 0 Å². The van der Waals surface area contributed by atoms with Crippen molar-refractivity contribution in [2.24, 2.45) is 0 Å². The number of benzene rings is 5. The first-order chi connectivity index (χ1) is 22.2. The van der Waals surface area contributed by atoms with Crippen LogP contribution in [0.3, 0.4) is 0 Å². The molecule has 0 aliphatic heterocycles. The average Bonchev–Trinajstić information content (AvgIpc) is 3.10. The molecule has 1 nitrogen and oxygen atoms in total. The summed E-state index contributed by atoms with van der Waals surface area (Å²) in [5.41, 5.74) is 0. The second kappa shape index (κ2) is 14.8. The Hall–Kier alpha value is -3.07. The van der Waals surface area contributed by atoms with Gasteiger partial charge < -0.3 is 0 Å². The minimum atomic E-state index is -2.89. The first-order valence-corrected chi connectivity index (χ1v) is 22.9. The van der Waals surface area contributed by atoms with Crippen molar-refractivity contribution in [3.05, 3.63) is 164 Å². The summed E-state index contributed by atoms with van der Waals surface area (Å²) < 4.78 is 7.31. The Bertz CT molecular complexity index is 1530. The fourth-order valence-electron chi connectivity index (χ4n) is 7.00. The molecular weight excluding hydrogens is 659 g/mol. The fourth-order valence-corrected chi connectivity index (χ4v) is 19.4. The molecule has 0 aromatic heterocycles. The van der Waals surface area contributed by atoms with Crippen LogP contribution < -0.4 is 26.3 Å². The van der Waals surface area contributed by atoms with Gasteiger partial charge in [-0.05, 0) is 0 Å². The van der Waals surface area contributed by atoms with Gasteiger partial charge in [-0.25, -0.2) is 0 Å². The third-order valence-corrected chi connectivity index (χ3v) is 24.5. The number of halogens is 1. The summed E-state index contributed by atoms with van der Waals surface area (Å²) in [5, 5.41) is 3.87. The fraction of sp³-hybridized carbons (Fsp3) is 0.238. The quantitative estimate of drug-likeness (QED) is 0.0513. The molecule has 238 valence electrons. The van der Waals surface area contributed by atoms with Gasteiger partial charge in [0, 0.05) is 0 Å². The second-order valence-electron chi connectivity index (χ2n) is 13.4. The number of rotatable bonds is 13. The van der Waals surface area contributed by atoms with E-state index in [2.05, 4.69) is 207 Å². The van der Waals surface area contributed by atoms with Crippen LogP contribution in [0.2, 0.25) is 5.04 Å². The van der Waals surface area contributed by atoms with Crippen LogP contribution in [-0.2, 0) is 4.43 Å². The van der Waals surface area contributed by atoms with E-state index in [9.17, 15) is 0 Å². The van der Waals surface area contributed by atoms with E-state index in [-0.39, 0.29) is 11.1 Å². The van der Waals surface area contributed by atoms with E-state index in [1.807, 2.05) is 0 Å². The maximum absolute atomic E-state index is 7.31. The summed E-state index contributed by atoms with van der Waals surface area (Å²) in [6, 6.07) is 55.2. The summed E-state index contributed by atoms with van der Waals surface area (Å²) in [6.45, 7) is 9.29. The van der Waals surface area contributed by atoms with Crippen molar-refractivity contribution in [2.75, 3.05) is 6.16 Å². The molecule has 1 atom stereocenters. The average molecular weight is 708 g/mol. The van der Waals surface area contributed by atoms with E-state index in [1.165, 1.54) is 26.3 Å². The van der Waals surface area contributed by atoms with Crippen molar-refractivity contribution >= 4 is 55.4 Å². The van der Waals surface area contributed by atoms with E-state index in [4.69, 9.17) is 4.43 Å². The predicted octanol–water partition coefficient (Wildman–Crippen LogP) is 9.52. The third kappa shape index (κ3) is 6.80. The van der Waals surface area contributed by atoms with E-state index >= 15 is 0 Å². The summed E-state index contributed by atoms with van der Waals surface area (Å²) in [6.07, 6.45) is 8.83. The van der Waals surface area contributed by atoms with Gasteiger partial charge in [0.05, 0.1) is 0 Å². The van der Waals surface area contributed by atoms with Crippen LogP contribution in [0.1, 0.15) is 47.0 Å². The van der Waals surface area contributed by atoms with E-state index in [0.29, 0.717) is 0 Å². The Balaban J connectivity index is 1.36. The molecule has 0 radical (unpaired) electrons. The summed E-state index contributed by atoms with van der Waals surface area (Å²) in [4.78, 5) is 0. The van der Waals surface area contributed by atoms with Crippen LogP contribution in [0.4, 0.5) is 0 Å². The van der Waals surface area contributed by atoms with Crippen LogP contribution in [0.5, 0.6) is 0 Å². The molecule has 0 saturated carbocycles. The van der Waals surface area contributed by atoms with Crippen molar-refractivity contribution in [3.63, 3.8) is 0 Å². The van der Waals surface area contributed by atoms with Gasteiger partial charge in [-0.3, -0.25) is 0 Å². The Labute approximate surface area is 286 Å². The van der Waals surface area contributed by atoms with Crippen LogP contribution in [0, 0.1) is 0 Å². The first kappa shape index (κ1) is 34.3. The van der Waals surface area contributed by atoms with Gasteiger partial charge in [-0.1, -0.05) is 12.1 Å². The monoisotopic (exact) mass is 706 g/mol.